The van der Waals surface area contributed by atoms with Crippen LogP contribution in [0.1, 0.15) is 39.5 Å². The molecule has 2 aliphatic rings. The Labute approximate surface area is 101 Å². The maximum atomic E-state index is 12.0. The average Bonchev–Trinajstić information content (AvgIpc) is 2.95. The first-order chi connectivity index (χ1) is 7.87. The molecule has 17 heavy (non-hydrogen) atoms. The monoisotopic (exact) mass is 240 g/mol. The van der Waals surface area contributed by atoms with Crippen LogP contribution in [-0.2, 0) is 4.79 Å². The topological polar surface area (TPSA) is 69.6 Å². The summed E-state index contributed by atoms with van der Waals surface area (Å²) < 4.78 is 0. The summed E-state index contributed by atoms with van der Waals surface area (Å²) in [6, 6.07) is -0.125. The van der Waals surface area contributed by atoms with Gasteiger partial charge in [-0.2, -0.15) is 0 Å². The summed E-state index contributed by atoms with van der Waals surface area (Å²) in [4.78, 5) is 24.8. The number of hydrogen-bond donors (Lipinski definition) is 2. The molecule has 2 fully saturated rings. The van der Waals surface area contributed by atoms with Crippen LogP contribution >= 0.6 is 0 Å². The molecule has 0 spiro atoms. The average molecular weight is 240 g/mol. The van der Waals surface area contributed by atoms with Gasteiger partial charge in [-0.05, 0) is 39.5 Å². The molecule has 1 saturated carbocycles. The van der Waals surface area contributed by atoms with Crippen LogP contribution in [0, 0.1) is 5.41 Å². The quantitative estimate of drug-likeness (QED) is 0.784. The van der Waals surface area contributed by atoms with E-state index in [0.29, 0.717) is 12.8 Å². The number of carbonyl (C=O) groups is 2. The molecule has 0 bridgehead atoms. The number of carboxylic acid groups (broad SMARTS) is 1. The summed E-state index contributed by atoms with van der Waals surface area (Å²) in [5.74, 6) is -0.793. The van der Waals surface area contributed by atoms with E-state index in [1.54, 1.807) is 0 Å². The molecule has 2 N–H and O–H groups in total. The minimum Gasteiger partial charge on any atom is -0.481 e. The Morgan fingerprint density at radius 2 is 1.94 bits per heavy atom. The lowest BCUT2D eigenvalue weighted by atomic mass is 10.0. The van der Waals surface area contributed by atoms with E-state index in [-0.39, 0.29) is 18.1 Å². The van der Waals surface area contributed by atoms with Gasteiger partial charge < -0.3 is 15.3 Å². The molecule has 0 atom stereocenters. The first kappa shape index (κ1) is 12.2. The molecule has 0 aromatic heterocycles. The smallest absolute Gasteiger partial charge is 0.317 e. The number of urea groups is 1. The van der Waals surface area contributed by atoms with Crippen LogP contribution in [0.15, 0.2) is 0 Å². The molecular weight excluding hydrogens is 220 g/mol. The van der Waals surface area contributed by atoms with Crippen molar-refractivity contribution >= 4 is 12.0 Å². The number of nitrogens with one attached hydrogen (secondary N) is 1. The van der Waals surface area contributed by atoms with E-state index < -0.39 is 11.4 Å². The van der Waals surface area contributed by atoms with E-state index in [4.69, 9.17) is 5.11 Å². The van der Waals surface area contributed by atoms with Gasteiger partial charge in [-0.1, -0.05) is 0 Å². The predicted molar refractivity (Wildman–Crippen MR) is 62.7 cm³/mol. The van der Waals surface area contributed by atoms with E-state index in [2.05, 4.69) is 5.32 Å². The first-order valence-corrected chi connectivity index (χ1v) is 6.16. The highest BCUT2D eigenvalue weighted by Crippen LogP contribution is 2.45. The fraction of sp³-hybridized carbons (Fsp3) is 0.833. The Hall–Kier alpha value is -1.26. The highest BCUT2D eigenvalue weighted by molar-refractivity contribution is 5.80. The second-order valence-corrected chi connectivity index (χ2v) is 5.81. The molecule has 96 valence electrons. The van der Waals surface area contributed by atoms with Gasteiger partial charge in [-0.25, -0.2) is 4.79 Å². The molecule has 0 aromatic carbocycles. The zero-order valence-corrected chi connectivity index (χ0v) is 10.5. The third-order valence-electron chi connectivity index (χ3n) is 4.03. The van der Waals surface area contributed by atoms with Gasteiger partial charge in [0.05, 0.1) is 5.41 Å². The van der Waals surface area contributed by atoms with Crippen molar-refractivity contribution in [3.05, 3.63) is 0 Å². The lowest BCUT2D eigenvalue weighted by Crippen LogP contribution is -2.49. The standard InChI is InChI=1S/C12H20N2O3/c1-11(2)4-3-7-14(11)10(17)13-8-12(5-6-12)9(15)16/h3-8H2,1-2H3,(H,13,17)(H,15,16). The summed E-state index contributed by atoms with van der Waals surface area (Å²) in [5.41, 5.74) is -0.788. The molecule has 0 radical (unpaired) electrons. The van der Waals surface area contributed by atoms with Crippen molar-refractivity contribution < 1.29 is 14.7 Å². The minimum atomic E-state index is -0.793. The van der Waals surface area contributed by atoms with Gasteiger partial charge >= 0.3 is 12.0 Å². The van der Waals surface area contributed by atoms with Crippen LogP contribution in [0.3, 0.4) is 0 Å². The zero-order chi connectivity index (χ0) is 12.7. The number of amides is 2. The maximum absolute atomic E-state index is 12.0. The molecule has 1 aliphatic carbocycles. The van der Waals surface area contributed by atoms with E-state index in [1.807, 2.05) is 18.7 Å². The lowest BCUT2D eigenvalue weighted by Gasteiger charge is -2.32. The van der Waals surface area contributed by atoms with Gasteiger partial charge in [0.15, 0.2) is 0 Å². The zero-order valence-electron chi connectivity index (χ0n) is 10.5. The molecule has 0 unspecified atom stereocenters. The lowest BCUT2D eigenvalue weighted by molar-refractivity contribution is -0.143. The second kappa shape index (κ2) is 3.89. The fourth-order valence-corrected chi connectivity index (χ4v) is 2.44. The largest absolute Gasteiger partial charge is 0.481 e. The number of hydrogen-bond acceptors (Lipinski definition) is 2. The normalized spacial score (nSPS) is 24.5. The SMILES string of the molecule is CC1(C)CCCN1C(=O)NCC1(C(=O)O)CC1. The van der Waals surface area contributed by atoms with Crippen LogP contribution in [0.4, 0.5) is 4.79 Å². The summed E-state index contributed by atoms with van der Waals surface area (Å²) >= 11 is 0. The molecule has 5 nitrogen and oxygen atoms in total. The molecule has 1 saturated heterocycles. The van der Waals surface area contributed by atoms with E-state index in [1.165, 1.54) is 0 Å². The number of aliphatic carboxylic acids is 1. The molecule has 0 aromatic rings. The van der Waals surface area contributed by atoms with Crippen molar-refractivity contribution in [3.8, 4) is 0 Å². The van der Waals surface area contributed by atoms with E-state index in [9.17, 15) is 9.59 Å². The summed E-state index contributed by atoms with van der Waals surface area (Å²) in [6.45, 7) is 5.11. The Morgan fingerprint density at radius 3 is 2.35 bits per heavy atom. The van der Waals surface area contributed by atoms with Crippen molar-refractivity contribution in [2.24, 2.45) is 5.41 Å². The number of rotatable bonds is 3. The summed E-state index contributed by atoms with van der Waals surface area (Å²) in [7, 11) is 0. The van der Waals surface area contributed by atoms with Crippen LogP contribution in [0.25, 0.3) is 0 Å². The number of likely N-dealkylation sites (tertiary alicyclic amines) is 1. The molecule has 2 rings (SSSR count). The number of carbonyl (C=O) groups excluding carboxylic acids is 1. The van der Waals surface area contributed by atoms with Gasteiger partial charge in [0, 0.05) is 18.6 Å². The van der Waals surface area contributed by atoms with Gasteiger partial charge in [-0.3, -0.25) is 4.79 Å². The van der Waals surface area contributed by atoms with Gasteiger partial charge in [0.1, 0.15) is 0 Å². The highest BCUT2D eigenvalue weighted by Gasteiger charge is 2.50. The predicted octanol–water partition coefficient (Wildman–Crippen LogP) is 1.44. The maximum Gasteiger partial charge on any atom is 0.317 e. The molecule has 2 amide bonds. The van der Waals surface area contributed by atoms with Gasteiger partial charge in [-0.15, -0.1) is 0 Å². The second-order valence-electron chi connectivity index (χ2n) is 5.81. The third-order valence-corrected chi connectivity index (χ3v) is 4.03. The molecule has 1 heterocycles. The van der Waals surface area contributed by atoms with E-state index in [0.717, 1.165) is 19.4 Å². The Bertz CT molecular complexity index is 348. The molecular formula is C12H20N2O3. The van der Waals surface area contributed by atoms with Gasteiger partial charge in [0.2, 0.25) is 0 Å². The highest BCUT2D eigenvalue weighted by atomic mass is 16.4. The van der Waals surface area contributed by atoms with Crippen LogP contribution in [0.2, 0.25) is 0 Å². The Kier molecular flexibility index (Phi) is 2.79. The Morgan fingerprint density at radius 1 is 1.29 bits per heavy atom. The van der Waals surface area contributed by atoms with Crippen molar-refractivity contribution in [1.82, 2.24) is 10.2 Å². The summed E-state index contributed by atoms with van der Waals surface area (Å²) in [6.07, 6.45) is 3.37. The van der Waals surface area contributed by atoms with E-state index >= 15 is 0 Å². The molecule has 5 heteroatoms. The van der Waals surface area contributed by atoms with Gasteiger partial charge in [0.25, 0.3) is 0 Å². The first-order valence-electron chi connectivity index (χ1n) is 6.16. The number of carboxylic acids is 1. The van der Waals surface area contributed by atoms with Crippen LogP contribution in [0.5, 0.6) is 0 Å². The molecule has 1 aliphatic heterocycles. The number of nitrogens with zero attached hydrogens (tertiary/aromatic N) is 1. The van der Waals surface area contributed by atoms with Crippen LogP contribution < -0.4 is 5.32 Å². The van der Waals surface area contributed by atoms with Crippen molar-refractivity contribution in [2.45, 2.75) is 45.1 Å². The van der Waals surface area contributed by atoms with Crippen molar-refractivity contribution in [2.75, 3.05) is 13.1 Å². The Balaban J connectivity index is 1.88. The fourth-order valence-electron chi connectivity index (χ4n) is 2.44. The summed E-state index contributed by atoms with van der Waals surface area (Å²) in [5, 5.41) is 11.8. The van der Waals surface area contributed by atoms with Crippen LogP contribution in [-0.4, -0.2) is 40.6 Å². The van der Waals surface area contributed by atoms with Crippen molar-refractivity contribution in [1.29, 1.82) is 0 Å². The van der Waals surface area contributed by atoms with Crippen molar-refractivity contribution in [3.63, 3.8) is 0 Å². The third kappa shape index (κ3) is 2.23. The minimum absolute atomic E-state index is 0.107.